The molecule has 0 aromatic heterocycles. The molecule has 2 unspecified atom stereocenters. The lowest BCUT2D eigenvalue weighted by Crippen LogP contribution is -2.66. The molecule has 0 aromatic carbocycles. The van der Waals surface area contributed by atoms with Gasteiger partial charge in [0.15, 0.2) is 6.61 Å². The monoisotopic (exact) mass is 374 g/mol. The lowest BCUT2D eigenvalue weighted by atomic mass is 10.0. The number of esters is 1. The fraction of sp³-hybridized carbons (Fsp3) is 0.625. The molecular weight excluding hydrogens is 363 g/mol. The number of rotatable bonds is 6. The van der Waals surface area contributed by atoms with Crippen LogP contribution < -0.4 is 5.73 Å². The molecule has 1 aliphatic rings. The summed E-state index contributed by atoms with van der Waals surface area (Å²) in [5, 5.41) is 8.29. The average molecular weight is 374 g/mol. The molecule has 1 fully saturated rings. The van der Waals surface area contributed by atoms with Crippen molar-refractivity contribution in [1.82, 2.24) is 4.31 Å². The molecule has 0 aromatic rings. The number of carboxylic acids is 1. The number of nitrogens with two attached hydrogens (primary N) is 1. The maximum Gasteiger partial charge on any atom is 0.341 e. The molecule has 0 aliphatic carbocycles. The van der Waals surface area contributed by atoms with Crippen LogP contribution in [0, 0.1) is 0 Å². The fourth-order valence-corrected chi connectivity index (χ4v) is 3.35. The van der Waals surface area contributed by atoms with E-state index in [1.54, 1.807) is 0 Å². The van der Waals surface area contributed by atoms with Gasteiger partial charge in [0, 0.05) is 4.43 Å². The van der Waals surface area contributed by atoms with E-state index in [1.165, 1.54) is 4.31 Å². The number of β-lactam (4-membered cyclic amide) rings is 1. The molecule has 1 rings (SSSR count). The summed E-state index contributed by atoms with van der Waals surface area (Å²) in [5.41, 5.74) is 5.57. The Labute approximate surface area is 115 Å². The van der Waals surface area contributed by atoms with Gasteiger partial charge in [0.25, 0.3) is 5.91 Å². The first-order valence-electron chi connectivity index (χ1n) is 4.62. The highest BCUT2D eigenvalue weighted by atomic mass is 127. The Hall–Kier alpha value is -0.550. The van der Waals surface area contributed by atoms with Crippen LogP contribution in [0.15, 0.2) is 0 Å². The summed E-state index contributed by atoms with van der Waals surface area (Å²) >= 11 is 3.11. The van der Waals surface area contributed by atoms with Crippen LogP contribution in [0.25, 0.3) is 0 Å². The van der Waals surface area contributed by atoms with Crippen molar-refractivity contribution in [2.75, 3.05) is 16.8 Å². The van der Waals surface area contributed by atoms with Crippen LogP contribution in [-0.2, 0) is 19.1 Å². The predicted molar refractivity (Wildman–Crippen MR) is 68.5 cm³/mol. The lowest BCUT2D eigenvalue weighted by Gasteiger charge is -2.43. The van der Waals surface area contributed by atoms with Crippen LogP contribution in [0.2, 0.25) is 0 Å². The highest BCUT2D eigenvalue weighted by Gasteiger charge is 2.44. The highest BCUT2D eigenvalue weighted by Crippen LogP contribution is 2.28. The molecule has 7 nitrogen and oxygen atoms in total. The zero-order chi connectivity index (χ0) is 13.0. The summed E-state index contributed by atoms with van der Waals surface area (Å²) in [4.78, 5) is 32.6. The molecule has 1 aliphatic heterocycles. The third kappa shape index (κ3) is 3.71. The second kappa shape index (κ2) is 6.40. The highest BCUT2D eigenvalue weighted by molar-refractivity contribution is 14.1. The standard InChI is InChI=1S/C8H11IN2O5S/c9-1-4-7(10)8(15)11(4)17-3-6(14)16-2-5(12)13/h4,7H,1-3,10H2,(H,12,13). The third-order valence-electron chi connectivity index (χ3n) is 2.05. The lowest BCUT2D eigenvalue weighted by molar-refractivity contribution is -0.153. The van der Waals surface area contributed by atoms with Gasteiger partial charge in [-0.1, -0.05) is 22.6 Å². The van der Waals surface area contributed by atoms with Gasteiger partial charge in [-0.2, -0.15) is 0 Å². The van der Waals surface area contributed by atoms with Gasteiger partial charge in [-0.3, -0.25) is 13.9 Å². The topological polar surface area (TPSA) is 110 Å². The Kier molecular flexibility index (Phi) is 5.46. The van der Waals surface area contributed by atoms with Gasteiger partial charge in [-0.25, -0.2) is 4.79 Å². The van der Waals surface area contributed by atoms with Crippen LogP contribution in [-0.4, -0.2) is 56.1 Å². The van der Waals surface area contributed by atoms with E-state index in [4.69, 9.17) is 10.8 Å². The van der Waals surface area contributed by atoms with Gasteiger partial charge < -0.3 is 15.6 Å². The van der Waals surface area contributed by atoms with E-state index >= 15 is 0 Å². The molecule has 0 radical (unpaired) electrons. The number of carbonyl (C=O) groups excluding carboxylic acids is 2. The number of hydrogen-bond donors (Lipinski definition) is 2. The molecule has 9 heteroatoms. The van der Waals surface area contributed by atoms with Crippen molar-refractivity contribution in [2.45, 2.75) is 12.1 Å². The number of hydrogen-bond acceptors (Lipinski definition) is 6. The van der Waals surface area contributed by atoms with Gasteiger partial charge in [0.1, 0.15) is 11.8 Å². The molecule has 0 saturated carbocycles. The normalized spacial score (nSPS) is 23.2. The molecule has 3 N–H and O–H groups in total. The van der Waals surface area contributed by atoms with Gasteiger partial charge in [0.2, 0.25) is 0 Å². The zero-order valence-corrected chi connectivity index (χ0v) is 11.6. The molecule has 0 spiro atoms. The summed E-state index contributed by atoms with van der Waals surface area (Å²) in [6.45, 7) is -0.664. The summed E-state index contributed by atoms with van der Waals surface area (Å²) in [6.07, 6.45) is 0. The van der Waals surface area contributed by atoms with Crippen LogP contribution in [0.4, 0.5) is 0 Å². The summed E-state index contributed by atoms with van der Waals surface area (Å²) in [7, 11) is 0. The number of amides is 1. The number of carboxylic acid groups (broad SMARTS) is 1. The van der Waals surface area contributed by atoms with Crippen molar-refractivity contribution in [2.24, 2.45) is 5.73 Å². The van der Waals surface area contributed by atoms with E-state index in [1.807, 2.05) is 0 Å². The number of alkyl halides is 1. The fourth-order valence-electron chi connectivity index (χ4n) is 1.16. The molecule has 96 valence electrons. The van der Waals surface area contributed by atoms with Crippen LogP contribution >= 0.6 is 34.5 Å². The number of nitrogens with zero attached hydrogens (tertiary/aromatic N) is 1. The second-order valence-electron chi connectivity index (χ2n) is 3.24. The van der Waals surface area contributed by atoms with E-state index in [0.717, 1.165) is 11.9 Å². The Morgan fingerprint density at radius 2 is 2.24 bits per heavy atom. The van der Waals surface area contributed by atoms with Crippen molar-refractivity contribution >= 4 is 52.4 Å². The van der Waals surface area contributed by atoms with Gasteiger partial charge >= 0.3 is 11.9 Å². The maximum absolute atomic E-state index is 11.3. The number of ether oxygens (including phenoxy) is 1. The minimum absolute atomic E-state index is 0.0830. The first-order chi connectivity index (χ1) is 7.97. The molecule has 1 saturated heterocycles. The quantitative estimate of drug-likeness (QED) is 0.207. The second-order valence-corrected chi connectivity index (χ2v) is 5.06. The summed E-state index contributed by atoms with van der Waals surface area (Å²) in [6, 6.07) is -0.588. The molecule has 2 atom stereocenters. The first-order valence-corrected chi connectivity index (χ1v) is 7.09. The predicted octanol–water partition coefficient (Wildman–Crippen LogP) is -0.764. The third-order valence-corrected chi connectivity index (χ3v) is 4.05. The van der Waals surface area contributed by atoms with E-state index in [0.29, 0.717) is 4.43 Å². The van der Waals surface area contributed by atoms with Crippen LogP contribution in [0.5, 0.6) is 0 Å². The van der Waals surface area contributed by atoms with Crippen LogP contribution in [0.1, 0.15) is 0 Å². The minimum atomic E-state index is -1.21. The number of halogens is 1. The van der Waals surface area contributed by atoms with E-state index in [2.05, 4.69) is 27.3 Å². The summed E-state index contributed by atoms with van der Waals surface area (Å²) < 4.78 is 6.54. The Bertz CT molecular complexity index is 340. The molecule has 0 bridgehead atoms. The Morgan fingerprint density at radius 1 is 1.59 bits per heavy atom. The largest absolute Gasteiger partial charge is 0.479 e. The Morgan fingerprint density at radius 3 is 2.76 bits per heavy atom. The van der Waals surface area contributed by atoms with Crippen molar-refractivity contribution in [3.8, 4) is 0 Å². The SMILES string of the molecule is NC1C(=O)N(SCC(=O)OCC(=O)O)C1CI. The average Bonchev–Trinajstić information content (AvgIpc) is 2.30. The molecule has 17 heavy (non-hydrogen) atoms. The zero-order valence-electron chi connectivity index (χ0n) is 8.67. The maximum atomic E-state index is 11.3. The van der Waals surface area contributed by atoms with Crippen molar-refractivity contribution in [1.29, 1.82) is 0 Å². The number of carbonyl (C=O) groups is 3. The first kappa shape index (κ1) is 14.5. The number of aliphatic carboxylic acids is 1. The minimum Gasteiger partial charge on any atom is -0.479 e. The van der Waals surface area contributed by atoms with Gasteiger partial charge in [0.05, 0.1) is 6.04 Å². The van der Waals surface area contributed by atoms with Gasteiger partial charge in [-0.05, 0) is 11.9 Å². The summed E-state index contributed by atoms with van der Waals surface area (Å²) in [5.74, 6) is -2.20. The molecular formula is C8H11IN2O5S. The van der Waals surface area contributed by atoms with E-state index < -0.39 is 24.6 Å². The van der Waals surface area contributed by atoms with Gasteiger partial charge in [-0.15, -0.1) is 0 Å². The van der Waals surface area contributed by atoms with Crippen molar-refractivity contribution < 1.29 is 24.2 Å². The van der Waals surface area contributed by atoms with Crippen molar-refractivity contribution in [3.05, 3.63) is 0 Å². The van der Waals surface area contributed by atoms with Crippen LogP contribution in [0.3, 0.4) is 0 Å². The van der Waals surface area contributed by atoms with E-state index in [9.17, 15) is 14.4 Å². The molecule has 1 amide bonds. The van der Waals surface area contributed by atoms with Crippen molar-refractivity contribution in [3.63, 3.8) is 0 Å². The Balaban J connectivity index is 2.29. The van der Waals surface area contributed by atoms with E-state index in [-0.39, 0.29) is 17.7 Å². The molecule has 1 heterocycles. The smallest absolute Gasteiger partial charge is 0.341 e.